The summed E-state index contributed by atoms with van der Waals surface area (Å²) in [6, 6.07) is 0.336. The average molecular weight is 281 g/mol. The van der Waals surface area contributed by atoms with Crippen molar-refractivity contribution in [3.63, 3.8) is 0 Å². The highest BCUT2D eigenvalue weighted by molar-refractivity contribution is 5.77. The molecule has 0 aromatic heterocycles. The third-order valence-corrected chi connectivity index (χ3v) is 5.01. The van der Waals surface area contributed by atoms with E-state index in [1.807, 2.05) is 0 Å². The van der Waals surface area contributed by atoms with Crippen LogP contribution in [0.3, 0.4) is 0 Å². The fourth-order valence-electron chi connectivity index (χ4n) is 3.40. The van der Waals surface area contributed by atoms with Crippen LogP contribution in [0.2, 0.25) is 0 Å². The number of carbonyl (C=O) groups excluding carboxylic acids is 1. The van der Waals surface area contributed by atoms with Gasteiger partial charge in [-0.2, -0.15) is 0 Å². The number of carbonyl (C=O) groups is 1. The van der Waals surface area contributed by atoms with E-state index < -0.39 is 0 Å². The monoisotopic (exact) mass is 281 g/mol. The average Bonchev–Trinajstić information content (AvgIpc) is 2.44. The lowest BCUT2D eigenvalue weighted by Gasteiger charge is -2.29. The summed E-state index contributed by atoms with van der Waals surface area (Å²) in [5, 5.41) is 3.09. The summed E-state index contributed by atoms with van der Waals surface area (Å²) >= 11 is 0. The lowest BCUT2D eigenvalue weighted by molar-refractivity contribution is -0.122. The van der Waals surface area contributed by atoms with Gasteiger partial charge in [-0.1, -0.05) is 32.6 Å². The number of hydrogen-bond acceptors (Lipinski definition) is 3. The molecule has 116 valence electrons. The van der Waals surface area contributed by atoms with Crippen LogP contribution in [0.25, 0.3) is 0 Å². The molecule has 0 aromatic carbocycles. The van der Waals surface area contributed by atoms with Crippen molar-refractivity contribution < 1.29 is 4.79 Å². The zero-order chi connectivity index (χ0) is 14.4. The summed E-state index contributed by atoms with van der Waals surface area (Å²) < 4.78 is 0. The third-order valence-electron chi connectivity index (χ3n) is 5.01. The predicted molar refractivity (Wildman–Crippen MR) is 82.4 cm³/mol. The van der Waals surface area contributed by atoms with Crippen molar-refractivity contribution >= 4 is 5.91 Å². The standard InChI is InChI=1S/C16H31N3O/c1-13-2-4-14(5-3-13)6-9-18-16(20)12-19-10-7-15(17)8-11-19/h13-15H,2-12,17H2,1H3,(H,18,20). The van der Waals surface area contributed by atoms with Gasteiger partial charge < -0.3 is 11.1 Å². The van der Waals surface area contributed by atoms with Crippen molar-refractivity contribution in [1.29, 1.82) is 0 Å². The quantitative estimate of drug-likeness (QED) is 0.807. The van der Waals surface area contributed by atoms with Gasteiger partial charge in [0.2, 0.25) is 5.91 Å². The molecule has 3 N–H and O–H groups in total. The molecule has 1 aliphatic carbocycles. The van der Waals surface area contributed by atoms with E-state index in [0.29, 0.717) is 12.6 Å². The van der Waals surface area contributed by atoms with E-state index in [4.69, 9.17) is 5.73 Å². The summed E-state index contributed by atoms with van der Waals surface area (Å²) in [6.45, 7) is 5.69. The number of likely N-dealkylation sites (tertiary alicyclic amines) is 1. The van der Waals surface area contributed by atoms with Crippen LogP contribution in [-0.4, -0.2) is 43.0 Å². The Kier molecular flexibility index (Phi) is 6.30. The molecule has 0 unspecified atom stereocenters. The van der Waals surface area contributed by atoms with E-state index >= 15 is 0 Å². The minimum absolute atomic E-state index is 0.185. The summed E-state index contributed by atoms with van der Waals surface area (Å²) in [5.41, 5.74) is 5.87. The Balaban J connectivity index is 1.54. The Hall–Kier alpha value is -0.610. The van der Waals surface area contributed by atoms with Crippen molar-refractivity contribution in [1.82, 2.24) is 10.2 Å². The zero-order valence-corrected chi connectivity index (χ0v) is 12.9. The van der Waals surface area contributed by atoms with Gasteiger partial charge in [0.05, 0.1) is 6.54 Å². The number of piperidine rings is 1. The topological polar surface area (TPSA) is 58.4 Å². The fourth-order valence-corrected chi connectivity index (χ4v) is 3.40. The molecule has 0 atom stereocenters. The van der Waals surface area contributed by atoms with Crippen LogP contribution in [0.1, 0.15) is 51.9 Å². The van der Waals surface area contributed by atoms with E-state index in [0.717, 1.165) is 50.7 Å². The number of nitrogens with two attached hydrogens (primary N) is 1. The molecule has 4 nitrogen and oxygen atoms in total. The summed E-state index contributed by atoms with van der Waals surface area (Å²) in [4.78, 5) is 14.1. The molecule has 4 heteroatoms. The lowest BCUT2D eigenvalue weighted by atomic mass is 9.81. The van der Waals surface area contributed by atoms with Crippen LogP contribution >= 0.6 is 0 Å². The molecule has 1 amide bonds. The lowest BCUT2D eigenvalue weighted by Crippen LogP contribution is -2.44. The largest absolute Gasteiger partial charge is 0.355 e. The molecule has 0 spiro atoms. The van der Waals surface area contributed by atoms with Gasteiger partial charge in [0.25, 0.3) is 0 Å². The van der Waals surface area contributed by atoms with Gasteiger partial charge in [-0.25, -0.2) is 0 Å². The molecule has 1 saturated carbocycles. The predicted octanol–water partition coefficient (Wildman–Crippen LogP) is 1.74. The molecule has 1 heterocycles. The number of nitrogens with one attached hydrogen (secondary N) is 1. The molecule has 20 heavy (non-hydrogen) atoms. The van der Waals surface area contributed by atoms with Crippen LogP contribution < -0.4 is 11.1 Å². The van der Waals surface area contributed by atoms with Crippen LogP contribution in [0.15, 0.2) is 0 Å². The maximum Gasteiger partial charge on any atom is 0.234 e. The number of rotatable bonds is 5. The Morgan fingerprint density at radius 1 is 1.15 bits per heavy atom. The summed E-state index contributed by atoms with van der Waals surface area (Å²) in [6.07, 6.45) is 8.63. The molecule has 0 aromatic rings. The van der Waals surface area contributed by atoms with E-state index in [-0.39, 0.29) is 5.91 Å². The molecule has 0 radical (unpaired) electrons. The number of nitrogens with zero attached hydrogens (tertiary/aromatic N) is 1. The number of hydrogen-bond donors (Lipinski definition) is 2. The molecular weight excluding hydrogens is 250 g/mol. The van der Waals surface area contributed by atoms with Crippen LogP contribution in [0.4, 0.5) is 0 Å². The van der Waals surface area contributed by atoms with Gasteiger partial charge in [0, 0.05) is 25.7 Å². The van der Waals surface area contributed by atoms with Crippen molar-refractivity contribution in [2.24, 2.45) is 17.6 Å². The Labute approximate surface area is 123 Å². The molecule has 2 fully saturated rings. The molecular formula is C16H31N3O. The number of amides is 1. The van der Waals surface area contributed by atoms with Gasteiger partial charge in [0.1, 0.15) is 0 Å². The molecule has 2 rings (SSSR count). The van der Waals surface area contributed by atoms with E-state index in [1.165, 1.54) is 25.7 Å². The maximum absolute atomic E-state index is 11.9. The van der Waals surface area contributed by atoms with Crippen molar-refractivity contribution in [3.8, 4) is 0 Å². The Morgan fingerprint density at radius 3 is 2.45 bits per heavy atom. The summed E-state index contributed by atoms with van der Waals surface area (Å²) in [5.74, 6) is 1.93. The van der Waals surface area contributed by atoms with E-state index in [9.17, 15) is 4.79 Å². The second-order valence-electron chi connectivity index (χ2n) is 6.88. The van der Waals surface area contributed by atoms with E-state index in [2.05, 4.69) is 17.1 Å². The molecule has 2 aliphatic rings. The van der Waals surface area contributed by atoms with Crippen LogP contribution in [-0.2, 0) is 4.79 Å². The summed E-state index contributed by atoms with van der Waals surface area (Å²) in [7, 11) is 0. The minimum Gasteiger partial charge on any atom is -0.355 e. The highest BCUT2D eigenvalue weighted by Gasteiger charge is 2.19. The van der Waals surface area contributed by atoms with Gasteiger partial charge >= 0.3 is 0 Å². The molecule has 1 saturated heterocycles. The van der Waals surface area contributed by atoms with Crippen molar-refractivity contribution in [3.05, 3.63) is 0 Å². The van der Waals surface area contributed by atoms with Crippen LogP contribution in [0, 0.1) is 11.8 Å². The zero-order valence-electron chi connectivity index (χ0n) is 12.9. The van der Waals surface area contributed by atoms with Crippen molar-refractivity contribution in [2.75, 3.05) is 26.2 Å². The van der Waals surface area contributed by atoms with E-state index in [1.54, 1.807) is 0 Å². The Morgan fingerprint density at radius 2 is 1.80 bits per heavy atom. The normalized spacial score (nSPS) is 29.3. The molecule has 1 aliphatic heterocycles. The first-order chi connectivity index (χ1) is 9.63. The first-order valence-corrected chi connectivity index (χ1v) is 8.38. The minimum atomic E-state index is 0.185. The SMILES string of the molecule is CC1CCC(CCNC(=O)CN2CCC(N)CC2)CC1. The van der Waals surface area contributed by atoms with Crippen LogP contribution in [0.5, 0.6) is 0 Å². The third kappa shape index (κ3) is 5.41. The fraction of sp³-hybridized carbons (Fsp3) is 0.938. The van der Waals surface area contributed by atoms with Gasteiger partial charge in [-0.3, -0.25) is 9.69 Å². The smallest absolute Gasteiger partial charge is 0.234 e. The van der Waals surface area contributed by atoms with Gasteiger partial charge in [0.15, 0.2) is 0 Å². The highest BCUT2D eigenvalue weighted by atomic mass is 16.2. The maximum atomic E-state index is 11.9. The first-order valence-electron chi connectivity index (χ1n) is 8.38. The molecule has 0 bridgehead atoms. The second kappa shape index (κ2) is 7.99. The van der Waals surface area contributed by atoms with Gasteiger partial charge in [-0.05, 0) is 31.1 Å². The van der Waals surface area contributed by atoms with Gasteiger partial charge in [-0.15, -0.1) is 0 Å². The highest BCUT2D eigenvalue weighted by Crippen LogP contribution is 2.29. The van der Waals surface area contributed by atoms with Crippen molar-refractivity contribution in [2.45, 2.75) is 57.9 Å². The second-order valence-corrected chi connectivity index (χ2v) is 6.88. The first kappa shape index (κ1) is 15.8. The Bertz CT molecular complexity index is 292.